The molecule has 2 N–H and O–H groups in total. The molecule has 1 saturated heterocycles. The molecule has 1 heterocycles. The first-order valence-electron chi connectivity index (χ1n) is 5.37. The van der Waals surface area contributed by atoms with Crippen molar-refractivity contribution in [2.75, 3.05) is 19.7 Å². The number of quaternary nitrogens is 1. The molecule has 1 aliphatic rings. The quantitative estimate of drug-likeness (QED) is 0.697. The van der Waals surface area contributed by atoms with Crippen LogP contribution in [0.25, 0.3) is 0 Å². The Hall–Kier alpha value is -0.860. The number of rotatable bonds is 3. The molecule has 14 heavy (non-hydrogen) atoms. The summed E-state index contributed by atoms with van der Waals surface area (Å²) < 4.78 is 0. The number of hydrogen-bond acceptors (Lipinski definition) is 1. The smallest absolute Gasteiger partial charge is 0.103 e. The van der Waals surface area contributed by atoms with Gasteiger partial charge in [-0.05, 0) is 0 Å². The minimum Gasteiger partial charge on any atom is -0.396 e. The second kappa shape index (κ2) is 4.58. The van der Waals surface area contributed by atoms with E-state index in [-0.39, 0.29) is 0 Å². The van der Waals surface area contributed by atoms with Gasteiger partial charge >= 0.3 is 0 Å². The van der Waals surface area contributed by atoms with Gasteiger partial charge in [-0.2, -0.15) is 0 Å². The summed E-state index contributed by atoms with van der Waals surface area (Å²) in [6.07, 6.45) is 1.18. The highest BCUT2D eigenvalue weighted by atomic mass is 16.3. The number of nitrogens with one attached hydrogen (secondary N) is 1. The molecule has 0 bridgehead atoms. The molecular formula is C12H18NO+. The molecule has 1 aromatic rings. The maximum absolute atomic E-state index is 9.04. The number of aliphatic hydroxyl groups is 1. The van der Waals surface area contributed by atoms with Crippen molar-refractivity contribution in [1.82, 2.24) is 0 Å². The zero-order chi connectivity index (χ0) is 9.80. The van der Waals surface area contributed by atoms with Gasteiger partial charge in [0.15, 0.2) is 0 Å². The van der Waals surface area contributed by atoms with Crippen molar-refractivity contribution in [3.8, 4) is 0 Å². The van der Waals surface area contributed by atoms with Gasteiger partial charge in [0.05, 0.1) is 19.7 Å². The van der Waals surface area contributed by atoms with E-state index >= 15 is 0 Å². The molecule has 0 aliphatic carbocycles. The summed E-state index contributed by atoms with van der Waals surface area (Å²) in [5, 5.41) is 9.04. The van der Waals surface area contributed by atoms with Gasteiger partial charge in [0.25, 0.3) is 0 Å². The van der Waals surface area contributed by atoms with Crippen molar-refractivity contribution < 1.29 is 10.0 Å². The van der Waals surface area contributed by atoms with Crippen LogP contribution >= 0.6 is 0 Å². The van der Waals surface area contributed by atoms with Crippen LogP contribution in [-0.2, 0) is 6.54 Å². The molecule has 0 aromatic heterocycles. The summed E-state index contributed by atoms with van der Waals surface area (Å²) in [7, 11) is 0. The zero-order valence-electron chi connectivity index (χ0n) is 8.45. The maximum atomic E-state index is 9.04. The fourth-order valence-corrected chi connectivity index (χ4v) is 2.22. The van der Waals surface area contributed by atoms with Crippen molar-refractivity contribution in [2.24, 2.45) is 5.92 Å². The summed E-state index contributed by atoms with van der Waals surface area (Å²) in [5.41, 5.74) is 1.40. The van der Waals surface area contributed by atoms with E-state index in [0.717, 1.165) is 13.1 Å². The highest BCUT2D eigenvalue weighted by Gasteiger charge is 2.24. The van der Waals surface area contributed by atoms with E-state index < -0.39 is 0 Å². The molecule has 2 nitrogen and oxygen atoms in total. The van der Waals surface area contributed by atoms with Gasteiger partial charge < -0.3 is 10.0 Å². The lowest BCUT2D eigenvalue weighted by atomic mass is 10.1. The lowest BCUT2D eigenvalue weighted by Gasteiger charge is -2.12. The number of likely N-dealkylation sites (tertiary alicyclic amines) is 1. The first-order chi connectivity index (χ1) is 6.88. The molecule has 2 atom stereocenters. The van der Waals surface area contributed by atoms with Crippen molar-refractivity contribution in [3.05, 3.63) is 35.9 Å². The van der Waals surface area contributed by atoms with Crippen LogP contribution in [0.1, 0.15) is 12.0 Å². The second-order valence-electron chi connectivity index (χ2n) is 4.20. The Kier molecular flexibility index (Phi) is 3.17. The molecule has 2 heteroatoms. The van der Waals surface area contributed by atoms with E-state index in [9.17, 15) is 0 Å². The van der Waals surface area contributed by atoms with Crippen LogP contribution in [0.2, 0.25) is 0 Å². The molecular weight excluding hydrogens is 174 g/mol. The van der Waals surface area contributed by atoms with Crippen LogP contribution in [0.5, 0.6) is 0 Å². The predicted octanol–water partition coefficient (Wildman–Crippen LogP) is 0.0837. The third-order valence-electron chi connectivity index (χ3n) is 3.04. The van der Waals surface area contributed by atoms with Crippen LogP contribution in [0.3, 0.4) is 0 Å². The largest absolute Gasteiger partial charge is 0.396 e. The molecule has 0 amide bonds. The number of aliphatic hydroxyl groups excluding tert-OH is 1. The third kappa shape index (κ3) is 2.34. The zero-order valence-corrected chi connectivity index (χ0v) is 8.45. The lowest BCUT2D eigenvalue weighted by molar-refractivity contribution is -0.903. The van der Waals surface area contributed by atoms with Crippen LogP contribution < -0.4 is 4.90 Å². The highest BCUT2D eigenvalue weighted by molar-refractivity contribution is 5.13. The first-order valence-corrected chi connectivity index (χ1v) is 5.37. The summed E-state index contributed by atoms with van der Waals surface area (Å²) in [4.78, 5) is 1.61. The third-order valence-corrected chi connectivity index (χ3v) is 3.04. The number of hydrogen-bond donors (Lipinski definition) is 2. The van der Waals surface area contributed by atoms with Gasteiger partial charge in [-0.25, -0.2) is 0 Å². The van der Waals surface area contributed by atoms with E-state index in [2.05, 4.69) is 30.3 Å². The summed E-state index contributed by atoms with van der Waals surface area (Å²) >= 11 is 0. The minimum atomic E-state index is 0.359. The molecule has 76 valence electrons. The Morgan fingerprint density at radius 2 is 2.07 bits per heavy atom. The molecule has 1 fully saturated rings. The van der Waals surface area contributed by atoms with Gasteiger partial charge in [-0.1, -0.05) is 30.3 Å². The molecule has 2 rings (SSSR count). The summed E-state index contributed by atoms with van der Waals surface area (Å²) in [6, 6.07) is 10.6. The number of benzene rings is 1. The highest BCUT2D eigenvalue weighted by Crippen LogP contribution is 2.03. The average molecular weight is 192 g/mol. The van der Waals surface area contributed by atoms with Crippen LogP contribution in [0, 0.1) is 5.92 Å². The van der Waals surface area contributed by atoms with E-state index in [1.165, 1.54) is 18.5 Å². The molecule has 1 aliphatic heterocycles. The topological polar surface area (TPSA) is 24.7 Å². The maximum Gasteiger partial charge on any atom is 0.103 e. The predicted molar refractivity (Wildman–Crippen MR) is 56.0 cm³/mol. The standard InChI is InChI=1S/C12H17NO/c14-10-12-6-7-13(9-12)8-11-4-2-1-3-5-11/h1-5,12,14H,6-10H2/p+1/t12-/m0/s1. The van der Waals surface area contributed by atoms with E-state index in [0.29, 0.717) is 12.5 Å². The molecule has 0 radical (unpaired) electrons. The molecule has 1 aromatic carbocycles. The SMILES string of the molecule is OC[C@H]1CC[NH+](Cc2ccccc2)C1. The summed E-state index contributed by atoms with van der Waals surface area (Å²) in [6.45, 7) is 3.81. The first kappa shape index (κ1) is 9.69. The Labute approximate surface area is 85.2 Å². The fourth-order valence-electron chi connectivity index (χ4n) is 2.22. The van der Waals surface area contributed by atoms with E-state index in [4.69, 9.17) is 5.11 Å². The van der Waals surface area contributed by atoms with Gasteiger partial charge in [-0.15, -0.1) is 0 Å². The van der Waals surface area contributed by atoms with Crippen molar-refractivity contribution in [1.29, 1.82) is 0 Å². The average Bonchev–Trinajstić information content (AvgIpc) is 2.67. The van der Waals surface area contributed by atoms with Gasteiger partial charge in [0.1, 0.15) is 6.54 Å². The van der Waals surface area contributed by atoms with E-state index in [1.54, 1.807) is 4.90 Å². The van der Waals surface area contributed by atoms with E-state index in [1.807, 2.05) is 0 Å². The Morgan fingerprint density at radius 1 is 1.29 bits per heavy atom. The molecule has 0 spiro atoms. The minimum absolute atomic E-state index is 0.359. The molecule has 0 saturated carbocycles. The Morgan fingerprint density at radius 3 is 2.71 bits per heavy atom. The fraction of sp³-hybridized carbons (Fsp3) is 0.500. The van der Waals surface area contributed by atoms with Crippen molar-refractivity contribution in [2.45, 2.75) is 13.0 Å². The van der Waals surface area contributed by atoms with Crippen molar-refractivity contribution >= 4 is 0 Å². The normalized spacial score (nSPS) is 26.6. The van der Waals surface area contributed by atoms with Crippen LogP contribution in [0.15, 0.2) is 30.3 Å². The van der Waals surface area contributed by atoms with Crippen molar-refractivity contribution in [3.63, 3.8) is 0 Å². The Bertz CT molecular complexity index is 273. The van der Waals surface area contributed by atoms with Gasteiger partial charge in [0.2, 0.25) is 0 Å². The summed E-state index contributed by atoms with van der Waals surface area (Å²) in [5.74, 6) is 0.536. The monoisotopic (exact) mass is 192 g/mol. The van der Waals surface area contributed by atoms with Crippen LogP contribution in [-0.4, -0.2) is 24.8 Å². The van der Waals surface area contributed by atoms with Crippen LogP contribution in [0.4, 0.5) is 0 Å². The Balaban J connectivity index is 1.88. The van der Waals surface area contributed by atoms with Gasteiger partial charge in [0, 0.05) is 17.9 Å². The molecule has 1 unspecified atom stereocenters. The lowest BCUT2D eigenvalue weighted by Crippen LogP contribution is -3.08. The second-order valence-corrected chi connectivity index (χ2v) is 4.20. The van der Waals surface area contributed by atoms with Gasteiger partial charge in [-0.3, -0.25) is 0 Å².